The van der Waals surface area contributed by atoms with Gasteiger partial charge >= 0.3 is 0 Å². The van der Waals surface area contributed by atoms with E-state index in [0.29, 0.717) is 23.7 Å². The van der Waals surface area contributed by atoms with Crippen molar-refractivity contribution < 1.29 is 9.53 Å². The summed E-state index contributed by atoms with van der Waals surface area (Å²) in [5, 5.41) is 6.06. The van der Waals surface area contributed by atoms with Gasteiger partial charge in [-0.2, -0.15) is 0 Å². The zero-order chi connectivity index (χ0) is 12.0. The second-order valence-corrected chi connectivity index (χ2v) is 2.98. The Labute approximate surface area is 92.8 Å². The third-order valence-corrected chi connectivity index (χ3v) is 1.74. The molecule has 0 aliphatic rings. The Morgan fingerprint density at radius 2 is 2.38 bits per heavy atom. The van der Waals surface area contributed by atoms with E-state index in [1.54, 1.807) is 18.2 Å². The molecule has 0 spiro atoms. The smallest absolute Gasteiger partial charge is 0.221 e. The average molecular weight is 220 g/mol. The van der Waals surface area contributed by atoms with Crippen molar-refractivity contribution in [3.63, 3.8) is 0 Å². The van der Waals surface area contributed by atoms with E-state index in [9.17, 15) is 4.79 Å². The molecule has 0 heterocycles. The lowest BCUT2D eigenvalue weighted by Crippen LogP contribution is -2.05. The largest absolute Gasteiger partial charge is 0.494 e. The van der Waals surface area contributed by atoms with Crippen LogP contribution in [0.25, 0.3) is 10.4 Å². The summed E-state index contributed by atoms with van der Waals surface area (Å²) in [5.74, 6) is 0.373. The molecule has 0 saturated carbocycles. The maximum absolute atomic E-state index is 10.9. The van der Waals surface area contributed by atoms with E-state index in [1.807, 2.05) is 6.92 Å². The molecule has 1 N–H and O–H groups in total. The molecular weight excluding hydrogens is 208 g/mol. The fourth-order valence-corrected chi connectivity index (χ4v) is 1.19. The summed E-state index contributed by atoms with van der Waals surface area (Å²) in [6.45, 7) is 3.76. The molecule has 1 aromatic rings. The molecule has 6 heteroatoms. The van der Waals surface area contributed by atoms with Gasteiger partial charge in [-0.05, 0) is 30.7 Å². The Balaban J connectivity index is 3.08. The van der Waals surface area contributed by atoms with Crippen molar-refractivity contribution in [2.75, 3.05) is 11.9 Å². The van der Waals surface area contributed by atoms with Crippen molar-refractivity contribution in [2.24, 2.45) is 5.11 Å². The lowest BCUT2D eigenvalue weighted by Gasteiger charge is -2.08. The summed E-state index contributed by atoms with van der Waals surface area (Å²) in [7, 11) is 0. The summed E-state index contributed by atoms with van der Waals surface area (Å²) in [4.78, 5) is 13.6. The molecule has 6 nitrogen and oxygen atoms in total. The summed E-state index contributed by atoms with van der Waals surface area (Å²) < 4.78 is 5.26. The number of rotatable bonds is 4. The number of nitrogens with one attached hydrogen (secondary N) is 1. The van der Waals surface area contributed by atoms with Crippen LogP contribution in [0.15, 0.2) is 23.3 Å². The molecule has 0 atom stereocenters. The first kappa shape index (κ1) is 11.9. The van der Waals surface area contributed by atoms with Gasteiger partial charge in [0, 0.05) is 11.8 Å². The van der Waals surface area contributed by atoms with Gasteiger partial charge in [-0.1, -0.05) is 5.11 Å². The van der Waals surface area contributed by atoms with Gasteiger partial charge in [-0.25, -0.2) is 0 Å². The number of azide groups is 1. The predicted octanol–water partition coefficient (Wildman–Crippen LogP) is 2.99. The number of anilines is 1. The zero-order valence-corrected chi connectivity index (χ0v) is 9.10. The normalized spacial score (nSPS) is 9.12. The second kappa shape index (κ2) is 5.63. The molecule has 84 valence electrons. The monoisotopic (exact) mass is 220 g/mol. The summed E-state index contributed by atoms with van der Waals surface area (Å²) in [6, 6.07) is 4.91. The predicted molar refractivity (Wildman–Crippen MR) is 60.7 cm³/mol. The second-order valence-electron chi connectivity index (χ2n) is 2.98. The lowest BCUT2D eigenvalue weighted by molar-refractivity contribution is -0.114. The van der Waals surface area contributed by atoms with E-state index in [1.165, 1.54) is 6.92 Å². The molecular formula is C10H12N4O2. The van der Waals surface area contributed by atoms with Crippen LogP contribution < -0.4 is 10.1 Å². The first-order chi connectivity index (χ1) is 7.67. The van der Waals surface area contributed by atoms with Gasteiger partial charge in [0.15, 0.2) is 0 Å². The molecule has 0 unspecified atom stereocenters. The average Bonchev–Trinajstić information content (AvgIpc) is 2.22. The molecule has 0 bridgehead atoms. The highest BCUT2D eigenvalue weighted by Crippen LogP contribution is 2.29. The molecule has 0 aromatic heterocycles. The SMILES string of the molecule is CCOc1ccc(NC(C)=O)c(N=[N+]=[N-])c1. The van der Waals surface area contributed by atoms with Gasteiger partial charge in [0.1, 0.15) is 5.75 Å². The van der Waals surface area contributed by atoms with Gasteiger partial charge in [0.05, 0.1) is 18.0 Å². The van der Waals surface area contributed by atoms with Gasteiger partial charge in [-0.3, -0.25) is 4.79 Å². The first-order valence-corrected chi connectivity index (χ1v) is 4.77. The van der Waals surface area contributed by atoms with Gasteiger partial charge in [0.25, 0.3) is 0 Å². The van der Waals surface area contributed by atoms with E-state index in [2.05, 4.69) is 15.3 Å². The molecule has 0 saturated heterocycles. The summed E-state index contributed by atoms with van der Waals surface area (Å²) in [5.41, 5.74) is 9.21. The number of hydrogen-bond acceptors (Lipinski definition) is 3. The molecule has 0 radical (unpaired) electrons. The fraction of sp³-hybridized carbons (Fsp3) is 0.300. The molecule has 0 aliphatic heterocycles. The molecule has 0 aliphatic carbocycles. The van der Waals surface area contributed by atoms with Gasteiger partial charge in [-0.15, -0.1) is 0 Å². The van der Waals surface area contributed by atoms with Gasteiger partial charge in [0.2, 0.25) is 5.91 Å². The van der Waals surface area contributed by atoms with Crippen LogP contribution in [-0.4, -0.2) is 12.5 Å². The number of nitrogens with zero attached hydrogens (tertiary/aromatic N) is 3. The van der Waals surface area contributed by atoms with E-state index in [-0.39, 0.29) is 5.91 Å². The van der Waals surface area contributed by atoms with Gasteiger partial charge < -0.3 is 10.1 Å². The van der Waals surface area contributed by atoms with Crippen molar-refractivity contribution in [3.05, 3.63) is 28.6 Å². The van der Waals surface area contributed by atoms with Crippen molar-refractivity contribution in [2.45, 2.75) is 13.8 Å². The zero-order valence-electron chi connectivity index (χ0n) is 9.10. The third-order valence-electron chi connectivity index (χ3n) is 1.74. The standard InChI is InChI=1S/C10H12N4O2/c1-3-16-8-4-5-9(12-7(2)15)10(6-8)13-14-11/h4-6H,3H2,1-2H3,(H,12,15). The molecule has 16 heavy (non-hydrogen) atoms. The highest BCUT2D eigenvalue weighted by molar-refractivity contribution is 5.92. The number of ether oxygens (including phenoxy) is 1. The maximum Gasteiger partial charge on any atom is 0.221 e. The highest BCUT2D eigenvalue weighted by atomic mass is 16.5. The van der Waals surface area contributed by atoms with Crippen LogP contribution in [0, 0.1) is 0 Å². The minimum atomic E-state index is -0.224. The van der Waals surface area contributed by atoms with Crippen molar-refractivity contribution >= 4 is 17.3 Å². The van der Waals surface area contributed by atoms with Crippen LogP contribution in [0.3, 0.4) is 0 Å². The number of hydrogen-bond donors (Lipinski definition) is 1. The molecule has 1 rings (SSSR count). The Morgan fingerprint density at radius 1 is 1.62 bits per heavy atom. The summed E-state index contributed by atoms with van der Waals surface area (Å²) in [6.07, 6.45) is 0. The molecule has 1 aromatic carbocycles. The topological polar surface area (TPSA) is 87.1 Å². The Bertz CT molecular complexity index is 438. The van der Waals surface area contributed by atoms with Crippen LogP contribution in [0.4, 0.5) is 11.4 Å². The van der Waals surface area contributed by atoms with Crippen LogP contribution in [0.1, 0.15) is 13.8 Å². The number of carbonyl (C=O) groups is 1. The number of benzene rings is 1. The van der Waals surface area contributed by atoms with E-state index < -0.39 is 0 Å². The van der Waals surface area contributed by atoms with Crippen LogP contribution >= 0.6 is 0 Å². The fourth-order valence-electron chi connectivity index (χ4n) is 1.19. The maximum atomic E-state index is 10.9. The number of amides is 1. The highest BCUT2D eigenvalue weighted by Gasteiger charge is 2.04. The minimum Gasteiger partial charge on any atom is -0.494 e. The van der Waals surface area contributed by atoms with Crippen LogP contribution in [-0.2, 0) is 4.79 Å². The summed E-state index contributed by atoms with van der Waals surface area (Å²) >= 11 is 0. The van der Waals surface area contributed by atoms with E-state index >= 15 is 0 Å². The number of carbonyl (C=O) groups excluding carboxylic acids is 1. The quantitative estimate of drug-likeness (QED) is 0.480. The van der Waals surface area contributed by atoms with Crippen LogP contribution in [0.2, 0.25) is 0 Å². The Hall–Kier alpha value is -2.20. The van der Waals surface area contributed by atoms with Crippen LogP contribution in [0.5, 0.6) is 5.75 Å². The van der Waals surface area contributed by atoms with Crippen molar-refractivity contribution in [3.8, 4) is 5.75 Å². The van der Waals surface area contributed by atoms with Crippen molar-refractivity contribution in [1.29, 1.82) is 0 Å². The Kier molecular flexibility index (Phi) is 4.17. The van der Waals surface area contributed by atoms with Crippen molar-refractivity contribution in [1.82, 2.24) is 0 Å². The minimum absolute atomic E-state index is 0.224. The Morgan fingerprint density at radius 3 is 2.94 bits per heavy atom. The lowest BCUT2D eigenvalue weighted by atomic mass is 10.2. The third kappa shape index (κ3) is 3.18. The first-order valence-electron chi connectivity index (χ1n) is 4.77. The van der Waals surface area contributed by atoms with E-state index in [0.717, 1.165) is 0 Å². The molecule has 1 amide bonds. The molecule has 0 fully saturated rings. The van der Waals surface area contributed by atoms with E-state index in [4.69, 9.17) is 10.3 Å².